The molecular formula is C18H24N6O2. The second-order valence-electron chi connectivity index (χ2n) is 6.44. The third-order valence-electron chi connectivity index (χ3n) is 4.59. The molecule has 0 aliphatic carbocycles. The maximum absolute atomic E-state index is 12.2. The lowest BCUT2D eigenvalue weighted by molar-refractivity contribution is 0.0962. The van der Waals surface area contributed by atoms with Gasteiger partial charge in [-0.2, -0.15) is 0 Å². The molecule has 138 valence electrons. The van der Waals surface area contributed by atoms with Crippen LogP contribution in [0.15, 0.2) is 30.6 Å². The van der Waals surface area contributed by atoms with Crippen molar-refractivity contribution < 1.29 is 9.53 Å². The molecule has 0 spiro atoms. The van der Waals surface area contributed by atoms with Crippen molar-refractivity contribution in [3.8, 4) is 5.75 Å². The molecule has 0 bridgehead atoms. The Morgan fingerprint density at radius 3 is 2.58 bits per heavy atom. The van der Waals surface area contributed by atoms with Gasteiger partial charge in [0.2, 0.25) is 0 Å². The number of nitrogens with two attached hydrogens (primary N) is 1. The Balaban J connectivity index is 1.66. The van der Waals surface area contributed by atoms with Gasteiger partial charge in [0.05, 0.1) is 7.11 Å². The highest BCUT2D eigenvalue weighted by Gasteiger charge is 2.20. The number of nitrogens with one attached hydrogen (secondary N) is 2. The van der Waals surface area contributed by atoms with Crippen LogP contribution in [0.3, 0.4) is 0 Å². The van der Waals surface area contributed by atoms with Crippen molar-refractivity contribution >= 4 is 23.2 Å². The number of hydrazine groups is 1. The summed E-state index contributed by atoms with van der Waals surface area (Å²) < 4.78 is 5.09. The zero-order valence-electron chi connectivity index (χ0n) is 15.0. The summed E-state index contributed by atoms with van der Waals surface area (Å²) in [6.07, 6.45) is 3.67. The summed E-state index contributed by atoms with van der Waals surface area (Å²) in [7, 11) is 1.58. The topological polar surface area (TPSA) is 105 Å². The molecule has 4 N–H and O–H groups in total. The van der Waals surface area contributed by atoms with Crippen LogP contribution >= 0.6 is 0 Å². The van der Waals surface area contributed by atoms with Crippen LogP contribution in [0, 0.1) is 5.92 Å². The smallest absolute Gasteiger partial charge is 0.269 e. The van der Waals surface area contributed by atoms with E-state index in [1.165, 1.54) is 6.33 Å². The molecule has 2 heterocycles. The standard InChI is InChI=1S/C18H24N6O2/c1-12-7-9-24(10-8-12)17-15(19)16(20-11-21-17)22-23-18(25)13-3-5-14(26-2)6-4-13/h3-6,11-12H,7-10,19H2,1-2H3,(H,23,25)(H,20,21,22). The maximum Gasteiger partial charge on any atom is 0.269 e. The van der Waals surface area contributed by atoms with Crippen LogP contribution in [0.4, 0.5) is 17.3 Å². The van der Waals surface area contributed by atoms with E-state index in [-0.39, 0.29) is 5.91 Å². The van der Waals surface area contributed by atoms with Crippen molar-refractivity contribution in [1.29, 1.82) is 0 Å². The molecule has 1 aliphatic heterocycles. The van der Waals surface area contributed by atoms with Crippen LogP contribution in [-0.2, 0) is 0 Å². The van der Waals surface area contributed by atoms with Gasteiger partial charge in [-0.15, -0.1) is 0 Å². The molecule has 1 aromatic heterocycles. The molecule has 1 aromatic carbocycles. The normalized spacial score (nSPS) is 14.8. The Hall–Kier alpha value is -3.03. The number of carbonyl (C=O) groups excluding carboxylic acids is 1. The van der Waals surface area contributed by atoms with Gasteiger partial charge in [0.25, 0.3) is 5.91 Å². The van der Waals surface area contributed by atoms with Gasteiger partial charge in [-0.3, -0.25) is 15.6 Å². The van der Waals surface area contributed by atoms with E-state index in [4.69, 9.17) is 10.5 Å². The van der Waals surface area contributed by atoms with E-state index in [1.54, 1.807) is 31.4 Å². The third-order valence-corrected chi connectivity index (χ3v) is 4.59. The molecule has 8 nitrogen and oxygen atoms in total. The molecule has 26 heavy (non-hydrogen) atoms. The average Bonchev–Trinajstić information content (AvgIpc) is 2.68. The first-order valence-electron chi connectivity index (χ1n) is 8.64. The zero-order chi connectivity index (χ0) is 18.5. The summed E-state index contributed by atoms with van der Waals surface area (Å²) >= 11 is 0. The number of benzene rings is 1. The first kappa shape index (κ1) is 17.8. The Kier molecular flexibility index (Phi) is 5.40. The quantitative estimate of drug-likeness (QED) is 0.704. The highest BCUT2D eigenvalue weighted by molar-refractivity contribution is 5.95. The lowest BCUT2D eigenvalue weighted by Gasteiger charge is -2.32. The van der Waals surface area contributed by atoms with E-state index in [2.05, 4.69) is 32.6 Å². The third kappa shape index (κ3) is 3.96. The van der Waals surface area contributed by atoms with Crippen molar-refractivity contribution in [3.05, 3.63) is 36.2 Å². The van der Waals surface area contributed by atoms with Crippen LogP contribution in [0.2, 0.25) is 0 Å². The second kappa shape index (κ2) is 7.90. The summed E-state index contributed by atoms with van der Waals surface area (Å²) in [6.45, 7) is 4.09. The van der Waals surface area contributed by atoms with E-state index < -0.39 is 0 Å². The van der Waals surface area contributed by atoms with Crippen LogP contribution in [0.25, 0.3) is 0 Å². The number of hydrogen-bond acceptors (Lipinski definition) is 7. The van der Waals surface area contributed by atoms with Crippen LogP contribution in [0.1, 0.15) is 30.1 Å². The van der Waals surface area contributed by atoms with E-state index in [9.17, 15) is 4.79 Å². The first-order chi connectivity index (χ1) is 12.6. The first-order valence-corrected chi connectivity index (χ1v) is 8.64. The van der Waals surface area contributed by atoms with E-state index in [0.29, 0.717) is 28.6 Å². The van der Waals surface area contributed by atoms with Crippen LogP contribution < -0.4 is 26.2 Å². The minimum Gasteiger partial charge on any atom is -0.497 e. The molecule has 2 aromatic rings. The van der Waals surface area contributed by atoms with Crippen molar-refractivity contribution in [3.63, 3.8) is 0 Å². The van der Waals surface area contributed by atoms with E-state index in [1.807, 2.05) is 0 Å². The Labute approximate surface area is 152 Å². The number of rotatable bonds is 5. The fraction of sp³-hybridized carbons (Fsp3) is 0.389. The number of amides is 1. The number of aromatic nitrogens is 2. The van der Waals surface area contributed by atoms with E-state index >= 15 is 0 Å². The predicted molar refractivity (Wildman–Crippen MR) is 101 cm³/mol. The largest absolute Gasteiger partial charge is 0.497 e. The Morgan fingerprint density at radius 1 is 1.23 bits per heavy atom. The number of piperidine rings is 1. The molecule has 3 rings (SSSR count). The molecule has 8 heteroatoms. The molecule has 0 saturated carbocycles. The van der Waals surface area contributed by atoms with E-state index in [0.717, 1.165) is 31.8 Å². The number of ether oxygens (including phenoxy) is 1. The lowest BCUT2D eigenvalue weighted by Crippen LogP contribution is -2.35. The summed E-state index contributed by atoms with van der Waals surface area (Å²) in [6, 6.07) is 6.81. The molecule has 1 amide bonds. The number of anilines is 3. The van der Waals surface area contributed by atoms with Gasteiger partial charge < -0.3 is 15.4 Å². The van der Waals surface area contributed by atoms with Gasteiger partial charge in [-0.25, -0.2) is 9.97 Å². The number of methoxy groups -OCH3 is 1. The number of hydrogen-bond donors (Lipinski definition) is 3. The van der Waals surface area contributed by atoms with Gasteiger partial charge in [-0.1, -0.05) is 6.92 Å². The minimum absolute atomic E-state index is 0.293. The molecular weight excluding hydrogens is 332 g/mol. The Bertz CT molecular complexity index is 757. The number of nitrogen functional groups attached to an aromatic ring is 1. The molecule has 1 aliphatic rings. The van der Waals surface area contributed by atoms with Gasteiger partial charge >= 0.3 is 0 Å². The van der Waals surface area contributed by atoms with Crippen LogP contribution in [-0.4, -0.2) is 36.1 Å². The van der Waals surface area contributed by atoms with Gasteiger partial charge in [0.1, 0.15) is 17.8 Å². The SMILES string of the molecule is COc1ccc(C(=O)NNc2ncnc(N3CCC(C)CC3)c2N)cc1. The molecule has 0 unspecified atom stereocenters. The summed E-state index contributed by atoms with van der Waals surface area (Å²) in [5.41, 5.74) is 12.5. The second-order valence-corrected chi connectivity index (χ2v) is 6.44. The average molecular weight is 356 g/mol. The summed E-state index contributed by atoms with van der Waals surface area (Å²) in [5.74, 6) is 2.20. The van der Waals surface area contributed by atoms with Crippen molar-refractivity contribution in [2.24, 2.45) is 5.92 Å². The zero-order valence-corrected chi connectivity index (χ0v) is 15.0. The molecule has 1 saturated heterocycles. The van der Waals surface area contributed by atoms with Gasteiger partial charge in [0.15, 0.2) is 11.6 Å². The maximum atomic E-state index is 12.2. The molecule has 0 radical (unpaired) electrons. The van der Waals surface area contributed by atoms with Crippen molar-refractivity contribution in [2.45, 2.75) is 19.8 Å². The summed E-state index contributed by atoms with van der Waals surface area (Å²) in [5, 5.41) is 0. The monoisotopic (exact) mass is 356 g/mol. The van der Waals surface area contributed by atoms with Gasteiger partial charge in [-0.05, 0) is 43.0 Å². The van der Waals surface area contributed by atoms with Crippen LogP contribution in [0.5, 0.6) is 5.75 Å². The number of nitrogens with zero attached hydrogens (tertiary/aromatic N) is 3. The highest BCUT2D eigenvalue weighted by Crippen LogP contribution is 2.29. The molecule has 0 atom stereocenters. The summed E-state index contributed by atoms with van der Waals surface area (Å²) in [4.78, 5) is 22.9. The fourth-order valence-electron chi connectivity index (χ4n) is 2.89. The van der Waals surface area contributed by atoms with Gasteiger partial charge in [0, 0.05) is 18.7 Å². The lowest BCUT2D eigenvalue weighted by atomic mass is 9.99. The van der Waals surface area contributed by atoms with Crippen molar-refractivity contribution in [1.82, 2.24) is 15.4 Å². The predicted octanol–water partition coefficient (Wildman–Crippen LogP) is 2.06. The Morgan fingerprint density at radius 2 is 1.92 bits per heavy atom. The highest BCUT2D eigenvalue weighted by atomic mass is 16.5. The minimum atomic E-state index is -0.293. The molecule has 1 fully saturated rings. The van der Waals surface area contributed by atoms with Crippen molar-refractivity contribution in [2.75, 3.05) is 36.3 Å². The number of carbonyl (C=O) groups is 1. The fourth-order valence-corrected chi connectivity index (χ4v) is 2.89.